The van der Waals surface area contributed by atoms with Crippen LogP contribution in [0.5, 0.6) is 17.2 Å². The van der Waals surface area contributed by atoms with Gasteiger partial charge in [-0.15, -0.1) is 0 Å². The number of fused-ring (bicyclic) bond motifs is 1. The Bertz CT molecular complexity index is 1200. The van der Waals surface area contributed by atoms with E-state index < -0.39 is 0 Å². The topological polar surface area (TPSA) is 56.2 Å². The molecule has 208 valence electrons. The van der Waals surface area contributed by atoms with Gasteiger partial charge in [-0.1, -0.05) is 43.5 Å². The van der Waals surface area contributed by atoms with Crippen LogP contribution < -0.4 is 9.64 Å². The number of hydrogen-bond donors (Lipinski definition) is 2. The van der Waals surface area contributed by atoms with E-state index in [4.69, 9.17) is 4.74 Å². The summed E-state index contributed by atoms with van der Waals surface area (Å²) < 4.78 is 6.10. The minimum Gasteiger partial charge on any atom is -0.508 e. The summed E-state index contributed by atoms with van der Waals surface area (Å²) in [5.41, 5.74) is 6.19. The van der Waals surface area contributed by atoms with E-state index in [9.17, 15) is 10.2 Å². The van der Waals surface area contributed by atoms with Crippen LogP contribution in [0.2, 0.25) is 0 Å². The molecule has 1 aliphatic carbocycles. The SMILES string of the molecule is CCN(Cc1ccc(OCCN2CCCCCCC2)cc1)c1cc(O)ccc1C1CCc2cc(O)ccc2C1. The highest BCUT2D eigenvalue weighted by Crippen LogP contribution is 2.40. The Balaban J connectivity index is 1.22. The Morgan fingerprint density at radius 2 is 1.56 bits per heavy atom. The predicted molar refractivity (Wildman–Crippen MR) is 159 cm³/mol. The molecule has 2 N–H and O–H groups in total. The molecule has 1 saturated heterocycles. The van der Waals surface area contributed by atoms with Crippen LogP contribution in [-0.4, -0.2) is 47.9 Å². The van der Waals surface area contributed by atoms with E-state index >= 15 is 0 Å². The fraction of sp³-hybridized carbons (Fsp3) is 0.471. The summed E-state index contributed by atoms with van der Waals surface area (Å²) >= 11 is 0. The number of phenols is 2. The fourth-order valence-electron chi connectivity index (χ4n) is 6.27. The van der Waals surface area contributed by atoms with Crippen molar-refractivity contribution in [3.05, 3.63) is 82.9 Å². The molecular weight excluding hydrogens is 484 g/mol. The summed E-state index contributed by atoms with van der Waals surface area (Å²) in [7, 11) is 0. The van der Waals surface area contributed by atoms with Crippen LogP contribution in [-0.2, 0) is 19.4 Å². The molecule has 5 nitrogen and oxygen atoms in total. The lowest BCUT2D eigenvalue weighted by Crippen LogP contribution is -2.31. The van der Waals surface area contributed by atoms with Crippen molar-refractivity contribution in [2.24, 2.45) is 0 Å². The van der Waals surface area contributed by atoms with Gasteiger partial charge in [0, 0.05) is 31.4 Å². The van der Waals surface area contributed by atoms with Crippen LogP contribution in [0, 0.1) is 0 Å². The number of likely N-dealkylation sites (tertiary alicyclic amines) is 1. The number of phenolic OH excluding ortho intramolecular Hbond substituents is 2. The van der Waals surface area contributed by atoms with Crippen molar-refractivity contribution in [1.29, 1.82) is 0 Å². The van der Waals surface area contributed by atoms with Crippen molar-refractivity contribution in [3.8, 4) is 17.2 Å². The summed E-state index contributed by atoms with van der Waals surface area (Å²) in [4.78, 5) is 4.91. The maximum atomic E-state index is 10.4. The summed E-state index contributed by atoms with van der Waals surface area (Å²) in [5, 5.41) is 20.3. The van der Waals surface area contributed by atoms with Gasteiger partial charge >= 0.3 is 0 Å². The zero-order chi connectivity index (χ0) is 27.0. The molecule has 1 unspecified atom stereocenters. The maximum absolute atomic E-state index is 10.4. The summed E-state index contributed by atoms with van der Waals surface area (Å²) in [5.74, 6) is 1.96. The first-order valence-electron chi connectivity index (χ1n) is 14.9. The maximum Gasteiger partial charge on any atom is 0.119 e. The third kappa shape index (κ3) is 7.27. The average molecular weight is 529 g/mol. The van der Waals surface area contributed by atoms with Crippen molar-refractivity contribution in [3.63, 3.8) is 0 Å². The average Bonchev–Trinajstić information content (AvgIpc) is 2.93. The van der Waals surface area contributed by atoms with Gasteiger partial charge in [0.1, 0.15) is 23.9 Å². The lowest BCUT2D eigenvalue weighted by molar-refractivity contribution is 0.195. The van der Waals surface area contributed by atoms with E-state index in [1.165, 1.54) is 67.4 Å². The standard InChI is InChI=1S/C34H44N2O3/c1-2-36(25-26-8-15-32(16-9-26)39-21-20-35-18-6-4-3-5-7-19-35)34-24-31(38)14-17-33(34)29-11-10-28-23-30(37)13-12-27(28)22-29/h8-9,12-17,23-24,29,37-38H,2-7,10-11,18-22,25H2,1H3. The van der Waals surface area contributed by atoms with Crippen LogP contribution in [0.25, 0.3) is 0 Å². The molecule has 1 heterocycles. The van der Waals surface area contributed by atoms with Gasteiger partial charge in [0.2, 0.25) is 0 Å². The Labute approximate surface area is 234 Å². The van der Waals surface area contributed by atoms with Gasteiger partial charge in [-0.05, 0) is 111 Å². The van der Waals surface area contributed by atoms with Gasteiger partial charge in [0.15, 0.2) is 0 Å². The Morgan fingerprint density at radius 3 is 2.33 bits per heavy atom. The largest absolute Gasteiger partial charge is 0.508 e. The minimum atomic E-state index is 0.303. The molecule has 5 heteroatoms. The first-order chi connectivity index (χ1) is 19.1. The second-order valence-corrected chi connectivity index (χ2v) is 11.3. The molecule has 39 heavy (non-hydrogen) atoms. The second-order valence-electron chi connectivity index (χ2n) is 11.3. The molecule has 2 aliphatic rings. The minimum absolute atomic E-state index is 0.303. The number of anilines is 1. The Kier molecular flexibility index (Phi) is 9.31. The molecule has 0 bridgehead atoms. The first-order valence-corrected chi connectivity index (χ1v) is 14.9. The van der Waals surface area contributed by atoms with Crippen molar-refractivity contribution < 1.29 is 14.9 Å². The molecule has 5 rings (SSSR count). The first kappa shape index (κ1) is 27.4. The highest BCUT2D eigenvalue weighted by atomic mass is 16.5. The van der Waals surface area contributed by atoms with E-state index in [1.54, 1.807) is 6.07 Å². The number of nitrogens with zero attached hydrogens (tertiary/aromatic N) is 2. The van der Waals surface area contributed by atoms with Crippen LogP contribution in [0.4, 0.5) is 5.69 Å². The van der Waals surface area contributed by atoms with E-state index in [2.05, 4.69) is 53.1 Å². The fourth-order valence-corrected chi connectivity index (χ4v) is 6.27. The summed E-state index contributed by atoms with van der Waals surface area (Å²) in [6, 6.07) is 20.1. The Morgan fingerprint density at radius 1 is 0.846 bits per heavy atom. The van der Waals surface area contributed by atoms with Crippen molar-refractivity contribution in [2.75, 3.05) is 37.7 Å². The molecule has 3 aromatic rings. The summed E-state index contributed by atoms with van der Waals surface area (Å²) in [6.45, 7) is 7.93. The van der Waals surface area contributed by atoms with Gasteiger partial charge in [0.25, 0.3) is 0 Å². The van der Waals surface area contributed by atoms with Crippen LogP contribution in [0.3, 0.4) is 0 Å². The predicted octanol–water partition coefficient (Wildman–Crippen LogP) is 7.04. The van der Waals surface area contributed by atoms with E-state index in [0.29, 0.717) is 17.4 Å². The molecule has 0 aromatic heterocycles. The van der Waals surface area contributed by atoms with Gasteiger partial charge in [-0.3, -0.25) is 4.90 Å². The zero-order valence-electron chi connectivity index (χ0n) is 23.4. The zero-order valence-corrected chi connectivity index (χ0v) is 23.4. The molecule has 0 spiro atoms. The molecule has 1 aliphatic heterocycles. The quantitative estimate of drug-likeness (QED) is 0.312. The number of benzene rings is 3. The molecule has 3 aromatic carbocycles. The van der Waals surface area contributed by atoms with Crippen molar-refractivity contribution >= 4 is 5.69 Å². The van der Waals surface area contributed by atoms with Crippen LogP contribution in [0.15, 0.2) is 60.7 Å². The van der Waals surface area contributed by atoms with E-state index in [-0.39, 0.29) is 0 Å². The van der Waals surface area contributed by atoms with Gasteiger partial charge in [-0.25, -0.2) is 0 Å². The monoisotopic (exact) mass is 528 g/mol. The van der Waals surface area contributed by atoms with E-state index in [1.807, 2.05) is 18.2 Å². The molecule has 0 saturated carbocycles. The number of ether oxygens (including phenoxy) is 1. The number of aromatic hydroxyl groups is 2. The van der Waals surface area contributed by atoms with Crippen molar-refractivity contribution in [2.45, 2.75) is 70.8 Å². The molecule has 0 radical (unpaired) electrons. The lowest BCUT2D eigenvalue weighted by Gasteiger charge is -2.31. The van der Waals surface area contributed by atoms with Crippen LogP contribution in [0.1, 0.15) is 73.6 Å². The van der Waals surface area contributed by atoms with Gasteiger partial charge < -0.3 is 19.8 Å². The lowest BCUT2D eigenvalue weighted by atomic mass is 9.79. The van der Waals surface area contributed by atoms with Gasteiger partial charge in [-0.2, -0.15) is 0 Å². The number of rotatable bonds is 9. The highest BCUT2D eigenvalue weighted by Gasteiger charge is 2.24. The van der Waals surface area contributed by atoms with Gasteiger partial charge in [0.05, 0.1) is 0 Å². The summed E-state index contributed by atoms with van der Waals surface area (Å²) in [6.07, 6.45) is 9.67. The number of aryl methyl sites for hydroxylation is 1. The molecule has 0 amide bonds. The van der Waals surface area contributed by atoms with Crippen molar-refractivity contribution in [1.82, 2.24) is 4.90 Å². The normalized spacial score (nSPS) is 18.1. The molecule has 1 atom stereocenters. The van der Waals surface area contributed by atoms with E-state index in [0.717, 1.165) is 56.9 Å². The third-order valence-corrected chi connectivity index (χ3v) is 8.52. The Hall–Kier alpha value is -3.18. The molecule has 1 fully saturated rings. The third-order valence-electron chi connectivity index (χ3n) is 8.52. The van der Waals surface area contributed by atoms with Crippen LogP contribution >= 0.6 is 0 Å². The second kappa shape index (κ2) is 13.3. The smallest absolute Gasteiger partial charge is 0.119 e. The highest BCUT2D eigenvalue weighted by molar-refractivity contribution is 5.59. The number of hydrogen-bond acceptors (Lipinski definition) is 5. The molecular formula is C34H44N2O3.